The van der Waals surface area contributed by atoms with Gasteiger partial charge in [-0.1, -0.05) is 0 Å². The first-order valence-electron chi connectivity index (χ1n) is 5.30. The molecule has 20 heavy (non-hydrogen) atoms. The topological polar surface area (TPSA) is 76.1 Å². The van der Waals surface area contributed by atoms with Crippen molar-refractivity contribution in [3.8, 4) is 0 Å². The number of carbonyl (C=O) groups excluding carboxylic acids is 1. The molecule has 0 aromatic carbocycles. The molecule has 0 radical (unpaired) electrons. The Morgan fingerprint density at radius 2 is 2.15 bits per heavy atom. The lowest BCUT2D eigenvalue weighted by molar-refractivity contribution is 0.0945. The number of hydrogen-bond acceptors (Lipinski definition) is 5. The minimum Gasteiger partial charge on any atom is -0.346 e. The molecular weight excluding hydrogens is 388 g/mol. The van der Waals surface area contributed by atoms with Crippen LogP contribution in [-0.4, -0.2) is 19.3 Å². The first-order valence-corrected chi connectivity index (χ1v) is 9.22. The molecule has 0 aliphatic heterocycles. The van der Waals surface area contributed by atoms with E-state index >= 15 is 0 Å². The highest BCUT2D eigenvalue weighted by molar-refractivity contribution is 9.10. The van der Waals surface area contributed by atoms with Gasteiger partial charge in [-0.05, 0) is 40.2 Å². The van der Waals surface area contributed by atoms with Crippen molar-refractivity contribution in [2.45, 2.75) is 10.8 Å². The van der Waals surface area contributed by atoms with E-state index < -0.39 is 9.05 Å². The molecule has 2 aromatic rings. The second kappa shape index (κ2) is 6.21. The van der Waals surface area contributed by atoms with E-state index in [1.807, 2.05) is 0 Å². The van der Waals surface area contributed by atoms with Crippen molar-refractivity contribution in [3.05, 3.63) is 45.5 Å². The van der Waals surface area contributed by atoms with Crippen LogP contribution in [0.3, 0.4) is 0 Å². The lowest BCUT2D eigenvalue weighted by atomic mass is 10.3. The SMILES string of the molecule is O=C(NCc1ccc(S(=O)(=O)Cl)s1)c1ncccc1Br. The molecule has 2 aromatic heterocycles. The van der Waals surface area contributed by atoms with Gasteiger partial charge in [0.05, 0.1) is 6.54 Å². The second-order valence-corrected chi connectivity index (χ2v) is 8.49. The highest BCUT2D eigenvalue weighted by atomic mass is 79.9. The van der Waals surface area contributed by atoms with Gasteiger partial charge in [0.15, 0.2) is 0 Å². The monoisotopic (exact) mass is 394 g/mol. The second-order valence-electron chi connectivity index (χ2n) is 3.68. The van der Waals surface area contributed by atoms with Crippen LogP contribution in [0, 0.1) is 0 Å². The highest BCUT2D eigenvalue weighted by Crippen LogP contribution is 2.24. The van der Waals surface area contributed by atoms with Crippen molar-refractivity contribution in [3.63, 3.8) is 0 Å². The molecule has 106 valence electrons. The summed E-state index contributed by atoms with van der Waals surface area (Å²) in [4.78, 5) is 16.5. The Morgan fingerprint density at radius 3 is 2.75 bits per heavy atom. The molecule has 2 rings (SSSR count). The van der Waals surface area contributed by atoms with Crippen LogP contribution in [-0.2, 0) is 15.6 Å². The molecule has 0 bridgehead atoms. The summed E-state index contributed by atoms with van der Waals surface area (Å²) in [7, 11) is 1.51. The van der Waals surface area contributed by atoms with Gasteiger partial charge in [0.2, 0.25) is 0 Å². The van der Waals surface area contributed by atoms with Crippen molar-refractivity contribution in [1.82, 2.24) is 10.3 Å². The lowest BCUT2D eigenvalue weighted by Crippen LogP contribution is -2.23. The van der Waals surface area contributed by atoms with E-state index in [0.717, 1.165) is 11.3 Å². The summed E-state index contributed by atoms with van der Waals surface area (Å²) in [5.74, 6) is -0.346. The van der Waals surface area contributed by atoms with E-state index in [4.69, 9.17) is 10.7 Å². The zero-order valence-corrected chi connectivity index (χ0v) is 13.8. The van der Waals surface area contributed by atoms with Gasteiger partial charge in [-0.25, -0.2) is 13.4 Å². The maximum atomic E-state index is 11.9. The number of thiophene rings is 1. The smallest absolute Gasteiger partial charge is 0.271 e. The van der Waals surface area contributed by atoms with E-state index in [9.17, 15) is 13.2 Å². The highest BCUT2D eigenvalue weighted by Gasteiger charge is 2.14. The third-order valence-corrected chi connectivity index (χ3v) is 6.09. The largest absolute Gasteiger partial charge is 0.346 e. The molecule has 0 saturated carbocycles. The average molecular weight is 396 g/mol. The fourth-order valence-electron chi connectivity index (χ4n) is 1.39. The van der Waals surface area contributed by atoms with Crippen LogP contribution in [0.25, 0.3) is 0 Å². The molecule has 1 N–H and O–H groups in total. The first kappa shape index (κ1) is 15.4. The van der Waals surface area contributed by atoms with Gasteiger partial charge in [0.25, 0.3) is 15.0 Å². The van der Waals surface area contributed by atoms with Gasteiger partial charge in [0.1, 0.15) is 9.90 Å². The van der Waals surface area contributed by atoms with Crippen molar-refractivity contribution < 1.29 is 13.2 Å². The first-order chi connectivity index (χ1) is 9.38. The van der Waals surface area contributed by atoms with Crippen LogP contribution in [0.5, 0.6) is 0 Å². The third-order valence-electron chi connectivity index (χ3n) is 2.27. The van der Waals surface area contributed by atoms with Crippen molar-refractivity contribution >= 4 is 52.9 Å². The van der Waals surface area contributed by atoms with Gasteiger partial charge < -0.3 is 5.32 Å². The number of rotatable bonds is 4. The summed E-state index contributed by atoms with van der Waals surface area (Å²) in [5.41, 5.74) is 0.272. The number of nitrogens with zero attached hydrogens (tertiary/aromatic N) is 1. The summed E-state index contributed by atoms with van der Waals surface area (Å²) >= 11 is 4.25. The number of pyridine rings is 1. The van der Waals surface area contributed by atoms with Crippen LogP contribution in [0.2, 0.25) is 0 Å². The van der Waals surface area contributed by atoms with E-state index in [-0.39, 0.29) is 22.4 Å². The normalized spacial score (nSPS) is 11.3. The summed E-state index contributed by atoms with van der Waals surface area (Å²) in [5, 5.41) is 2.66. The zero-order valence-electron chi connectivity index (χ0n) is 9.84. The maximum Gasteiger partial charge on any atom is 0.271 e. The Labute approximate surface area is 132 Å². The lowest BCUT2D eigenvalue weighted by Gasteiger charge is -2.04. The fourth-order valence-corrected chi connectivity index (χ4v) is 3.89. The Kier molecular flexibility index (Phi) is 4.79. The van der Waals surface area contributed by atoms with Gasteiger partial charge >= 0.3 is 0 Å². The van der Waals surface area contributed by atoms with Crippen LogP contribution in [0.15, 0.2) is 39.1 Å². The van der Waals surface area contributed by atoms with Crippen molar-refractivity contribution in [2.24, 2.45) is 0 Å². The van der Waals surface area contributed by atoms with Crippen molar-refractivity contribution in [1.29, 1.82) is 0 Å². The third kappa shape index (κ3) is 3.78. The summed E-state index contributed by atoms with van der Waals surface area (Å²) < 4.78 is 22.9. The number of halogens is 2. The minimum absolute atomic E-state index is 0.0578. The van der Waals surface area contributed by atoms with E-state index in [0.29, 0.717) is 9.35 Å². The van der Waals surface area contributed by atoms with Gasteiger partial charge in [-0.2, -0.15) is 0 Å². The Bertz CT molecular complexity index is 746. The molecule has 0 aliphatic carbocycles. The summed E-state index contributed by atoms with van der Waals surface area (Å²) in [6.45, 7) is 0.207. The minimum atomic E-state index is -3.72. The van der Waals surface area contributed by atoms with Gasteiger partial charge in [-0.15, -0.1) is 11.3 Å². The predicted molar refractivity (Wildman–Crippen MR) is 80.5 cm³/mol. The molecule has 0 atom stereocenters. The number of aromatic nitrogens is 1. The molecule has 5 nitrogen and oxygen atoms in total. The number of amides is 1. The molecule has 2 heterocycles. The molecule has 0 aliphatic rings. The number of nitrogens with one attached hydrogen (secondary N) is 1. The fraction of sp³-hybridized carbons (Fsp3) is 0.0909. The summed E-state index contributed by atoms with van der Waals surface area (Å²) in [6.07, 6.45) is 1.52. The molecular formula is C11H8BrClN2O3S2. The molecule has 0 fully saturated rings. The van der Waals surface area contributed by atoms with E-state index in [1.165, 1.54) is 12.3 Å². The zero-order chi connectivity index (χ0) is 14.8. The van der Waals surface area contributed by atoms with Crippen LogP contribution < -0.4 is 5.32 Å². The summed E-state index contributed by atoms with van der Waals surface area (Å²) in [6, 6.07) is 6.43. The molecule has 9 heteroatoms. The van der Waals surface area contributed by atoms with Crippen LogP contribution in [0.1, 0.15) is 15.4 Å². The Hall–Kier alpha value is -0.960. The Morgan fingerprint density at radius 1 is 1.40 bits per heavy atom. The maximum absolute atomic E-state index is 11.9. The molecule has 0 saturated heterocycles. The Balaban J connectivity index is 2.04. The number of carbonyl (C=O) groups is 1. The van der Waals surface area contributed by atoms with Gasteiger partial charge in [-0.3, -0.25) is 4.79 Å². The van der Waals surface area contributed by atoms with E-state index in [1.54, 1.807) is 18.2 Å². The van der Waals surface area contributed by atoms with Crippen molar-refractivity contribution in [2.75, 3.05) is 0 Å². The van der Waals surface area contributed by atoms with Gasteiger partial charge in [0, 0.05) is 26.2 Å². The molecule has 0 unspecified atom stereocenters. The van der Waals surface area contributed by atoms with Crippen LogP contribution in [0.4, 0.5) is 0 Å². The molecule has 1 amide bonds. The predicted octanol–water partition coefficient (Wildman–Crippen LogP) is 2.76. The van der Waals surface area contributed by atoms with E-state index in [2.05, 4.69) is 26.2 Å². The van der Waals surface area contributed by atoms with Crippen LogP contribution >= 0.6 is 37.9 Å². The quantitative estimate of drug-likeness (QED) is 0.808. The average Bonchev–Trinajstić information content (AvgIpc) is 2.85. The standard InChI is InChI=1S/C11H8BrClN2O3S2/c12-8-2-1-5-14-10(8)11(16)15-6-7-3-4-9(19-7)20(13,17)18/h1-5H,6H2,(H,15,16). The molecule has 0 spiro atoms. The number of hydrogen-bond donors (Lipinski definition) is 1.